The Balaban J connectivity index is 1.91. The summed E-state index contributed by atoms with van der Waals surface area (Å²) in [4.78, 5) is 13.5. The van der Waals surface area contributed by atoms with Crippen molar-refractivity contribution in [1.29, 1.82) is 0 Å². The fourth-order valence-corrected chi connectivity index (χ4v) is 2.77. The number of nitrogens with two attached hydrogens (primary N) is 1. The zero-order valence-electron chi connectivity index (χ0n) is 10.4. The molecular formula is C12H22N2O3. The summed E-state index contributed by atoms with van der Waals surface area (Å²) in [5, 5.41) is 9.71. The number of ether oxygens (including phenoxy) is 1. The minimum Gasteiger partial charge on any atom is -0.393 e. The average molecular weight is 242 g/mol. The van der Waals surface area contributed by atoms with E-state index in [4.69, 9.17) is 10.5 Å². The van der Waals surface area contributed by atoms with Crippen LogP contribution < -0.4 is 5.73 Å². The molecule has 2 aliphatic heterocycles. The molecule has 2 saturated heterocycles. The first kappa shape index (κ1) is 12.8. The lowest BCUT2D eigenvalue weighted by Crippen LogP contribution is -2.54. The van der Waals surface area contributed by atoms with E-state index in [2.05, 4.69) is 0 Å². The fourth-order valence-electron chi connectivity index (χ4n) is 2.77. The molecule has 0 bridgehead atoms. The number of rotatable bonds is 1. The first-order valence-electron chi connectivity index (χ1n) is 6.39. The van der Waals surface area contributed by atoms with Crippen LogP contribution in [0.1, 0.15) is 32.6 Å². The zero-order valence-corrected chi connectivity index (χ0v) is 10.4. The fraction of sp³-hybridized carbons (Fsp3) is 0.917. The van der Waals surface area contributed by atoms with Crippen LogP contribution in [0.4, 0.5) is 0 Å². The van der Waals surface area contributed by atoms with E-state index >= 15 is 0 Å². The van der Waals surface area contributed by atoms with E-state index in [0.29, 0.717) is 26.1 Å². The molecule has 5 nitrogen and oxygen atoms in total. The van der Waals surface area contributed by atoms with Crippen molar-refractivity contribution in [2.24, 2.45) is 5.73 Å². The summed E-state index contributed by atoms with van der Waals surface area (Å²) in [6.45, 7) is 3.72. The predicted molar refractivity (Wildman–Crippen MR) is 63.4 cm³/mol. The molecule has 0 saturated carbocycles. The van der Waals surface area contributed by atoms with Gasteiger partial charge in [0.2, 0.25) is 5.91 Å². The standard InChI is InChI=1S/C12H22N2O3/c1-9(13)11(16)14-5-3-12(4-6-14)8-10(15)2-7-17-12/h9-10,15H,2-8,13H2,1H3/t9-,10-/m0/s1. The maximum absolute atomic E-state index is 11.7. The van der Waals surface area contributed by atoms with Crippen LogP contribution in [0.25, 0.3) is 0 Å². The second-order valence-corrected chi connectivity index (χ2v) is 5.29. The molecule has 5 heteroatoms. The Morgan fingerprint density at radius 1 is 1.53 bits per heavy atom. The second kappa shape index (κ2) is 4.92. The molecule has 2 heterocycles. The van der Waals surface area contributed by atoms with Gasteiger partial charge in [-0.05, 0) is 26.2 Å². The van der Waals surface area contributed by atoms with Crippen molar-refractivity contribution < 1.29 is 14.6 Å². The Labute approximate surface area is 102 Å². The maximum atomic E-state index is 11.7. The molecule has 2 atom stereocenters. The Kier molecular flexibility index (Phi) is 3.70. The van der Waals surface area contributed by atoms with Crippen molar-refractivity contribution >= 4 is 5.91 Å². The van der Waals surface area contributed by atoms with Gasteiger partial charge in [0, 0.05) is 26.1 Å². The predicted octanol–water partition coefficient (Wildman–Crippen LogP) is -0.134. The van der Waals surface area contributed by atoms with E-state index in [1.54, 1.807) is 11.8 Å². The Bertz CT molecular complexity index is 285. The number of amides is 1. The SMILES string of the molecule is C[C@H](N)C(=O)N1CCC2(CC1)C[C@@H](O)CCO2. The quantitative estimate of drug-likeness (QED) is 0.671. The van der Waals surface area contributed by atoms with Crippen LogP contribution >= 0.6 is 0 Å². The summed E-state index contributed by atoms with van der Waals surface area (Å²) < 4.78 is 5.84. The van der Waals surface area contributed by atoms with Crippen LogP contribution in [0.5, 0.6) is 0 Å². The van der Waals surface area contributed by atoms with Gasteiger partial charge < -0.3 is 20.5 Å². The Morgan fingerprint density at radius 3 is 2.71 bits per heavy atom. The van der Waals surface area contributed by atoms with Crippen LogP contribution in [-0.4, -0.2) is 53.4 Å². The number of hydrogen-bond acceptors (Lipinski definition) is 4. The smallest absolute Gasteiger partial charge is 0.239 e. The highest BCUT2D eigenvalue weighted by molar-refractivity contribution is 5.81. The number of aliphatic hydroxyl groups excluding tert-OH is 1. The molecule has 0 unspecified atom stereocenters. The molecule has 0 aromatic carbocycles. The number of piperidine rings is 1. The van der Waals surface area contributed by atoms with Crippen molar-refractivity contribution in [1.82, 2.24) is 4.90 Å². The van der Waals surface area contributed by atoms with Crippen LogP contribution in [0.3, 0.4) is 0 Å². The summed E-state index contributed by atoms with van der Waals surface area (Å²) in [6.07, 6.45) is 2.79. The monoisotopic (exact) mass is 242 g/mol. The van der Waals surface area contributed by atoms with Gasteiger partial charge in [0.1, 0.15) is 0 Å². The van der Waals surface area contributed by atoms with Crippen LogP contribution in [-0.2, 0) is 9.53 Å². The van der Waals surface area contributed by atoms with E-state index in [1.165, 1.54) is 0 Å². The first-order chi connectivity index (χ1) is 8.02. The van der Waals surface area contributed by atoms with Gasteiger partial charge in [-0.25, -0.2) is 0 Å². The van der Waals surface area contributed by atoms with E-state index in [1.807, 2.05) is 0 Å². The minimum absolute atomic E-state index is 0.0104. The highest BCUT2D eigenvalue weighted by Gasteiger charge is 2.40. The molecule has 0 aromatic rings. The van der Waals surface area contributed by atoms with Gasteiger partial charge in [-0.15, -0.1) is 0 Å². The highest BCUT2D eigenvalue weighted by atomic mass is 16.5. The van der Waals surface area contributed by atoms with Gasteiger partial charge >= 0.3 is 0 Å². The molecule has 1 spiro atoms. The minimum atomic E-state index is -0.429. The summed E-state index contributed by atoms with van der Waals surface area (Å²) in [6, 6.07) is -0.429. The maximum Gasteiger partial charge on any atom is 0.239 e. The van der Waals surface area contributed by atoms with Crippen LogP contribution in [0.2, 0.25) is 0 Å². The molecule has 0 aliphatic carbocycles. The first-order valence-corrected chi connectivity index (χ1v) is 6.39. The third-order valence-corrected chi connectivity index (χ3v) is 3.84. The third kappa shape index (κ3) is 2.78. The third-order valence-electron chi connectivity index (χ3n) is 3.84. The van der Waals surface area contributed by atoms with Gasteiger partial charge in [0.25, 0.3) is 0 Å². The number of hydrogen-bond donors (Lipinski definition) is 2. The zero-order chi connectivity index (χ0) is 12.5. The molecular weight excluding hydrogens is 220 g/mol. The van der Waals surface area contributed by atoms with Gasteiger partial charge in [0.05, 0.1) is 17.7 Å². The number of nitrogens with zero attached hydrogens (tertiary/aromatic N) is 1. The second-order valence-electron chi connectivity index (χ2n) is 5.29. The normalized spacial score (nSPS) is 30.3. The largest absolute Gasteiger partial charge is 0.393 e. The van der Waals surface area contributed by atoms with Gasteiger partial charge in [-0.1, -0.05) is 0 Å². The van der Waals surface area contributed by atoms with E-state index in [-0.39, 0.29) is 17.6 Å². The molecule has 1 amide bonds. The van der Waals surface area contributed by atoms with Crippen molar-refractivity contribution in [3.8, 4) is 0 Å². The Hall–Kier alpha value is -0.650. The molecule has 2 rings (SSSR count). The summed E-state index contributed by atoms with van der Waals surface area (Å²) >= 11 is 0. The lowest BCUT2D eigenvalue weighted by Gasteiger charge is -2.45. The van der Waals surface area contributed by atoms with Crippen molar-refractivity contribution in [2.75, 3.05) is 19.7 Å². The lowest BCUT2D eigenvalue weighted by molar-refractivity contribution is -0.154. The van der Waals surface area contributed by atoms with Gasteiger partial charge in [-0.2, -0.15) is 0 Å². The molecule has 0 aromatic heterocycles. The summed E-state index contributed by atoms with van der Waals surface area (Å²) in [5.74, 6) is 0.0104. The molecule has 0 radical (unpaired) electrons. The van der Waals surface area contributed by atoms with Crippen molar-refractivity contribution in [3.63, 3.8) is 0 Å². The number of carbonyl (C=O) groups excluding carboxylic acids is 1. The van der Waals surface area contributed by atoms with Crippen molar-refractivity contribution in [2.45, 2.75) is 50.4 Å². The van der Waals surface area contributed by atoms with Crippen LogP contribution in [0.15, 0.2) is 0 Å². The van der Waals surface area contributed by atoms with E-state index < -0.39 is 6.04 Å². The number of likely N-dealkylation sites (tertiary alicyclic amines) is 1. The van der Waals surface area contributed by atoms with Crippen LogP contribution in [0, 0.1) is 0 Å². The van der Waals surface area contributed by atoms with Crippen molar-refractivity contribution in [3.05, 3.63) is 0 Å². The number of aliphatic hydroxyl groups is 1. The number of carbonyl (C=O) groups is 1. The molecule has 98 valence electrons. The Morgan fingerprint density at radius 2 is 2.18 bits per heavy atom. The average Bonchev–Trinajstić information content (AvgIpc) is 2.29. The molecule has 2 aliphatic rings. The van der Waals surface area contributed by atoms with E-state index in [0.717, 1.165) is 19.3 Å². The van der Waals surface area contributed by atoms with Gasteiger partial charge in [-0.3, -0.25) is 4.79 Å². The lowest BCUT2D eigenvalue weighted by atomic mass is 9.83. The molecule has 17 heavy (non-hydrogen) atoms. The van der Waals surface area contributed by atoms with Gasteiger partial charge in [0.15, 0.2) is 0 Å². The molecule has 3 N–H and O–H groups in total. The summed E-state index contributed by atoms with van der Waals surface area (Å²) in [7, 11) is 0. The molecule has 2 fully saturated rings. The summed E-state index contributed by atoms with van der Waals surface area (Å²) in [5.41, 5.74) is 5.39. The van der Waals surface area contributed by atoms with E-state index in [9.17, 15) is 9.90 Å². The topological polar surface area (TPSA) is 75.8 Å². The highest BCUT2D eigenvalue weighted by Crippen LogP contribution is 2.35.